The summed E-state index contributed by atoms with van der Waals surface area (Å²) < 4.78 is 0. The van der Waals surface area contributed by atoms with E-state index in [-0.39, 0.29) is 0 Å². The maximum atomic E-state index is 11.1. The minimum absolute atomic E-state index is 0.479. The average molecular weight is 271 g/mol. The fourth-order valence-corrected chi connectivity index (χ4v) is 2.27. The Labute approximate surface area is 118 Å². The first-order valence-electron chi connectivity index (χ1n) is 6.42. The summed E-state index contributed by atoms with van der Waals surface area (Å²) in [4.78, 5) is 20.8. The molecule has 1 amide bonds. The highest BCUT2D eigenvalue weighted by molar-refractivity contribution is 5.68. The summed E-state index contributed by atoms with van der Waals surface area (Å²) in [5.74, 6) is 6.29. The Hall–Kier alpha value is -2.35. The van der Waals surface area contributed by atoms with Gasteiger partial charge in [-0.2, -0.15) is 0 Å². The molecule has 0 aliphatic carbocycles. The van der Waals surface area contributed by atoms with Gasteiger partial charge in [0, 0.05) is 18.4 Å². The molecule has 1 aliphatic rings. The van der Waals surface area contributed by atoms with Crippen molar-refractivity contribution >= 4 is 6.09 Å². The van der Waals surface area contributed by atoms with Crippen molar-refractivity contribution in [2.75, 3.05) is 6.54 Å². The number of amides is 1. The van der Waals surface area contributed by atoms with E-state index in [1.807, 2.05) is 26.8 Å². The van der Waals surface area contributed by atoms with E-state index in [0.29, 0.717) is 18.8 Å². The molecule has 0 radical (unpaired) electrons. The lowest BCUT2D eigenvalue weighted by atomic mass is 9.95. The third kappa shape index (κ3) is 2.80. The number of hydrogen-bond acceptors (Lipinski definition) is 3. The molecule has 1 fully saturated rings. The molecule has 0 saturated carbocycles. The Kier molecular flexibility index (Phi) is 3.75. The molecule has 0 atom stereocenters. The van der Waals surface area contributed by atoms with Crippen molar-refractivity contribution in [1.29, 1.82) is 0 Å². The standard InChI is InChI=1S/C15H17N3O2/c1-11-7-9-16-13(17-11)6-4-5-12-8-10-18(14(19)20)15(12,2)3/h5,7,9H,8,10H2,1-3H3,(H,19,20)/b12-5+. The molecule has 1 aromatic rings. The van der Waals surface area contributed by atoms with E-state index in [4.69, 9.17) is 5.11 Å². The van der Waals surface area contributed by atoms with Gasteiger partial charge in [-0.25, -0.2) is 14.8 Å². The van der Waals surface area contributed by atoms with Crippen LogP contribution in [0.2, 0.25) is 0 Å². The van der Waals surface area contributed by atoms with Crippen LogP contribution in [0, 0.1) is 18.8 Å². The summed E-state index contributed by atoms with van der Waals surface area (Å²) in [5.41, 5.74) is 1.38. The largest absolute Gasteiger partial charge is 0.465 e. The number of rotatable bonds is 0. The number of carboxylic acid groups (broad SMARTS) is 1. The van der Waals surface area contributed by atoms with Gasteiger partial charge in [0.2, 0.25) is 5.82 Å². The molecule has 2 heterocycles. The van der Waals surface area contributed by atoms with Gasteiger partial charge in [0.15, 0.2) is 0 Å². The Morgan fingerprint density at radius 1 is 1.55 bits per heavy atom. The smallest absolute Gasteiger partial charge is 0.408 e. The molecule has 20 heavy (non-hydrogen) atoms. The summed E-state index contributed by atoms with van der Waals surface area (Å²) in [6.07, 6.45) is 3.27. The van der Waals surface area contributed by atoms with Crippen molar-refractivity contribution in [3.63, 3.8) is 0 Å². The van der Waals surface area contributed by atoms with Crippen molar-refractivity contribution in [3.8, 4) is 11.8 Å². The Bertz CT molecular complexity index is 623. The Balaban J connectivity index is 2.20. The van der Waals surface area contributed by atoms with Gasteiger partial charge in [-0.05, 0) is 50.8 Å². The minimum atomic E-state index is -0.895. The number of allylic oxidation sites excluding steroid dienone is 1. The van der Waals surface area contributed by atoms with Crippen LogP contribution in [0.1, 0.15) is 31.8 Å². The molecule has 1 aliphatic heterocycles. The highest BCUT2D eigenvalue weighted by Gasteiger charge is 2.39. The predicted octanol–water partition coefficient (Wildman–Crippen LogP) is 2.23. The number of nitrogens with zero attached hydrogens (tertiary/aromatic N) is 3. The fraction of sp³-hybridized carbons (Fsp3) is 0.400. The minimum Gasteiger partial charge on any atom is -0.465 e. The van der Waals surface area contributed by atoms with Crippen LogP contribution in [0.15, 0.2) is 23.9 Å². The number of carbonyl (C=O) groups is 1. The number of aromatic nitrogens is 2. The molecule has 0 aromatic carbocycles. The van der Waals surface area contributed by atoms with E-state index in [0.717, 1.165) is 11.3 Å². The van der Waals surface area contributed by atoms with Gasteiger partial charge in [0.25, 0.3) is 0 Å². The predicted molar refractivity (Wildman–Crippen MR) is 75.2 cm³/mol. The van der Waals surface area contributed by atoms with E-state index in [2.05, 4.69) is 21.8 Å². The third-order valence-electron chi connectivity index (χ3n) is 3.52. The first-order chi connectivity index (χ1) is 9.41. The summed E-state index contributed by atoms with van der Waals surface area (Å²) in [6, 6.07) is 1.81. The molecule has 0 bridgehead atoms. The highest BCUT2D eigenvalue weighted by atomic mass is 16.4. The van der Waals surface area contributed by atoms with E-state index < -0.39 is 11.6 Å². The van der Waals surface area contributed by atoms with Gasteiger partial charge in [-0.1, -0.05) is 5.92 Å². The van der Waals surface area contributed by atoms with Gasteiger partial charge in [0.1, 0.15) is 0 Å². The number of hydrogen-bond donors (Lipinski definition) is 1. The molecule has 2 rings (SSSR count). The maximum absolute atomic E-state index is 11.1. The summed E-state index contributed by atoms with van der Waals surface area (Å²) in [7, 11) is 0. The molecule has 1 N–H and O–H groups in total. The average Bonchev–Trinajstić information content (AvgIpc) is 2.65. The Morgan fingerprint density at radius 3 is 2.90 bits per heavy atom. The van der Waals surface area contributed by atoms with Crippen molar-refractivity contribution in [3.05, 3.63) is 35.4 Å². The molecule has 5 heteroatoms. The van der Waals surface area contributed by atoms with Crippen LogP contribution in [0.4, 0.5) is 4.79 Å². The van der Waals surface area contributed by atoms with Gasteiger partial charge in [-0.3, -0.25) is 4.90 Å². The first-order valence-corrected chi connectivity index (χ1v) is 6.42. The number of aryl methyl sites for hydroxylation is 1. The van der Waals surface area contributed by atoms with E-state index in [1.165, 1.54) is 4.90 Å². The van der Waals surface area contributed by atoms with Gasteiger partial charge >= 0.3 is 6.09 Å². The van der Waals surface area contributed by atoms with E-state index in [1.54, 1.807) is 12.3 Å². The van der Waals surface area contributed by atoms with Crippen molar-refractivity contribution < 1.29 is 9.90 Å². The summed E-state index contributed by atoms with van der Waals surface area (Å²) in [6.45, 7) is 6.18. The second-order valence-electron chi connectivity index (χ2n) is 5.20. The summed E-state index contributed by atoms with van der Waals surface area (Å²) >= 11 is 0. The normalized spacial score (nSPS) is 18.8. The van der Waals surface area contributed by atoms with Crippen molar-refractivity contribution in [1.82, 2.24) is 14.9 Å². The zero-order chi connectivity index (χ0) is 14.8. The van der Waals surface area contributed by atoms with Crippen LogP contribution in [-0.4, -0.2) is 38.2 Å². The van der Waals surface area contributed by atoms with Crippen LogP contribution in [0.25, 0.3) is 0 Å². The van der Waals surface area contributed by atoms with Crippen LogP contribution < -0.4 is 0 Å². The van der Waals surface area contributed by atoms with Gasteiger partial charge in [0.05, 0.1) is 5.54 Å². The zero-order valence-corrected chi connectivity index (χ0v) is 11.8. The molecule has 104 valence electrons. The van der Waals surface area contributed by atoms with Crippen molar-refractivity contribution in [2.24, 2.45) is 0 Å². The van der Waals surface area contributed by atoms with Gasteiger partial charge in [-0.15, -0.1) is 0 Å². The second-order valence-corrected chi connectivity index (χ2v) is 5.20. The molecule has 0 spiro atoms. The lowest BCUT2D eigenvalue weighted by Gasteiger charge is -2.29. The summed E-state index contributed by atoms with van der Waals surface area (Å²) in [5, 5.41) is 9.14. The molecule has 5 nitrogen and oxygen atoms in total. The molecule has 0 unspecified atom stereocenters. The monoisotopic (exact) mass is 271 g/mol. The number of likely N-dealkylation sites (tertiary alicyclic amines) is 1. The third-order valence-corrected chi connectivity index (χ3v) is 3.52. The van der Waals surface area contributed by atoms with Crippen molar-refractivity contribution in [2.45, 2.75) is 32.7 Å². The highest BCUT2D eigenvalue weighted by Crippen LogP contribution is 2.33. The zero-order valence-electron chi connectivity index (χ0n) is 11.8. The fourth-order valence-electron chi connectivity index (χ4n) is 2.27. The molecular weight excluding hydrogens is 254 g/mol. The second kappa shape index (κ2) is 5.33. The van der Waals surface area contributed by atoms with Crippen LogP contribution in [-0.2, 0) is 0 Å². The molecule has 1 saturated heterocycles. The van der Waals surface area contributed by atoms with Gasteiger partial charge < -0.3 is 5.11 Å². The quantitative estimate of drug-likeness (QED) is 0.735. The lowest BCUT2D eigenvalue weighted by Crippen LogP contribution is -2.42. The van der Waals surface area contributed by atoms with Crippen LogP contribution in [0.3, 0.4) is 0 Å². The molecular formula is C15H17N3O2. The van der Waals surface area contributed by atoms with E-state index in [9.17, 15) is 4.79 Å². The van der Waals surface area contributed by atoms with E-state index >= 15 is 0 Å². The van der Waals surface area contributed by atoms with Crippen LogP contribution in [0.5, 0.6) is 0 Å². The molecule has 1 aromatic heterocycles. The van der Waals surface area contributed by atoms with Crippen LogP contribution >= 0.6 is 0 Å². The Morgan fingerprint density at radius 2 is 2.30 bits per heavy atom. The SMILES string of the molecule is Cc1ccnc(C#C/C=C2\CCN(C(=O)O)C2(C)C)n1. The first kappa shape index (κ1) is 14.1. The lowest BCUT2D eigenvalue weighted by molar-refractivity contribution is 0.124. The topological polar surface area (TPSA) is 66.3 Å². The maximum Gasteiger partial charge on any atom is 0.408 e.